The van der Waals surface area contributed by atoms with Crippen LogP contribution >= 0.6 is 0 Å². The van der Waals surface area contributed by atoms with Crippen molar-refractivity contribution in [2.75, 3.05) is 19.0 Å². The van der Waals surface area contributed by atoms with Gasteiger partial charge in [-0.05, 0) is 19.1 Å². The SMILES string of the molecule is COC[C@H](O)Cc1cn(C(C)C(=O)Nc2ccccc2F)nn1. The smallest absolute Gasteiger partial charge is 0.249 e. The predicted octanol–water partition coefficient (Wildman–Crippen LogP) is 1.17. The fourth-order valence-corrected chi connectivity index (χ4v) is 2.01. The van der Waals surface area contributed by atoms with Crippen molar-refractivity contribution in [3.63, 3.8) is 0 Å². The molecule has 0 aliphatic heterocycles. The minimum Gasteiger partial charge on any atom is -0.390 e. The fraction of sp³-hybridized carbons (Fsp3) is 0.400. The number of rotatable bonds is 7. The molecule has 2 atom stereocenters. The number of benzene rings is 1. The van der Waals surface area contributed by atoms with Crippen molar-refractivity contribution in [3.05, 3.63) is 42.0 Å². The third-order valence-corrected chi connectivity index (χ3v) is 3.27. The van der Waals surface area contributed by atoms with Crippen LogP contribution in [0.1, 0.15) is 18.7 Å². The van der Waals surface area contributed by atoms with Crippen LogP contribution in [0.5, 0.6) is 0 Å². The molecule has 2 rings (SSSR count). The van der Waals surface area contributed by atoms with E-state index in [-0.39, 0.29) is 18.7 Å². The lowest BCUT2D eigenvalue weighted by Gasteiger charge is -2.12. The van der Waals surface area contributed by atoms with Crippen LogP contribution in [0.25, 0.3) is 0 Å². The summed E-state index contributed by atoms with van der Waals surface area (Å²) in [4.78, 5) is 12.2. The molecule has 23 heavy (non-hydrogen) atoms. The summed E-state index contributed by atoms with van der Waals surface area (Å²) in [6.45, 7) is 1.82. The number of hydrogen-bond acceptors (Lipinski definition) is 5. The monoisotopic (exact) mass is 322 g/mol. The van der Waals surface area contributed by atoms with E-state index in [1.807, 2.05) is 0 Å². The van der Waals surface area contributed by atoms with Crippen LogP contribution in [0.4, 0.5) is 10.1 Å². The van der Waals surface area contributed by atoms with Crippen molar-refractivity contribution in [2.24, 2.45) is 0 Å². The number of carbonyl (C=O) groups excluding carboxylic acids is 1. The summed E-state index contributed by atoms with van der Waals surface area (Å²) in [5.41, 5.74) is 0.653. The number of aliphatic hydroxyl groups excluding tert-OH is 1. The number of para-hydroxylation sites is 1. The Morgan fingerprint density at radius 2 is 2.22 bits per heavy atom. The number of anilines is 1. The Labute approximate surface area is 133 Å². The fourth-order valence-electron chi connectivity index (χ4n) is 2.01. The van der Waals surface area contributed by atoms with Crippen LogP contribution in [-0.2, 0) is 16.0 Å². The van der Waals surface area contributed by atoms with Crippen LogP contribution in [0.2, 0.25) is 0 Å². The van der Waals surface area contributed by atoms with Gasteiger partial charge in [0, 0.05) is 19.7 Å². The molecule has 0 bridgehead atoms. The maximum absolute atomic E-state index is 13.5. The molecule has 1 aromatic carbocycles. The average molecular weight is 322 g/mol. The van der Waals surface area contributed by atoms with Crippen LogP contribution < -0.4 is 5.32 Å². The van der Waals surface area contributed by atoms with Gasteiger partial charge in [0.25, 0.3) is 0 Å². The van der Waals surface area contributed by atoms with Crippen molar-refractivity contribution in [2.45, 2.75) is 25.5 Å². The van der Waals surface area contributed by atoms with Gasteiger partial charge in [-0.25, -0.2) is 9.07 Å². The van der Waals surface area contributed by atoms with Crippen molar-refractivity contribution < 1.29 is 19.0 Å². The van der Waals surface area contributed by atoms with Gasteiger partial charge in [0.1, 0.15) is 11.9 Å². The van der Waals surface area contributed by atoms with E-state index in [0.717, 1.165) is 0 Å². The molecular weight excluding hydrogens is 303 g/mol. The van der Waals surface area contributed by atoms with Crippen LogP contribution in [0.15, 0.2) is 30.5 Å². The molecule has 0 fully saturated rings. The van der Waals surface area contributed by atoms with Gasteiger partial charge >= 0.3 is 0 Å². The second-order valence-corrected chi connectivity index (χ2v) is 5.15. The molecule has 8 heteroatoms. The molecule has 2 N–H and O–H groups in total. The zero-order valence-corrected chi connectivity index (χ0v) is 12.9. The first-order valence-corrected chi connectivity index (χ1v) is 7.14. The number of aliphatic hydroxyl groups is 1. The third-order valence-electron chi connectivity index (χ3n) is 3.27. The molecule has 2 aromatic rings. The third kappa shape index (κ3) is 4.57. The summed E-state index contributed by atoms with van der Waals surface area (Å²) in [7, 11) is 1.50. The molecule has 7 nitrogen and oxygen atoms in total. The lowest BCUT2D eigenvalue weighted by atomic mass is 10.2. The molecule has 0 aliphatic carbocycles. The quantitative estimate of drug-likeness (QED) is 0.799. The Morgan fingerprint density at radius 1 is 1.48 bits per heavy atom. The van der Waals surface area contributed by atoms with Gasteiger partial charge in [-0.2, -0.15) is 0 Å². The first-order valence-electron chi connectivity index (χ1n) is 7.14. The van der Waals surface area contributed by atoms with E-state index in [1.54, 1.807) is 25.3 Å². The normalized spacial score (nSPS) is 13.6. The van der Waals surface area contributed by atoms with Gasteiger partial charge in [0.15, 0.2) is 0 Å². The molecule has 0 radical (unpaired) electrons. The van der Waals surface area contributed by atoms with Gasteiger partial charge in [-0.15, -0.1) is 5.10 Å². The molecule has 1 unspecified atom stereocenters. The van der Waals surface area contributed by atoms with Crippen LogP contribution in [-0.4, -0.2) is 45.8 Å². The highest BCUT2D eigenvalue weighted by Gasteiger charge is 2.19. The standard InChI is InChI=1S/C15H19FN4O3/c1-10(15(22)17-14-6-4-3-5-13(14)16)20-8-11(18-19-20)7-12(21)9-23-2/h3-6,8,10,12,21H,7,9H2,1-2H3,(H,17,22)/t10?,12-/m1/s1. The number of methoxy groups -OCH3 is 1. The lowest BCUT2D eigenvalue weighted by Crippen LogP contribution is -2.24. The van der Waals surface area contributed by atoms with E-state index < -0.39 is 23.9 Å². The average Bonchev–Trinajstić information content (AvgIpc) is 2.97. The van der Waals surface area contributed by atoms with Crippen LogP contribution in [0.3, 0.4) is 0 Å². The van der Waals surface area contributed by atoms with Gasteiger partial charge < -0.3 is 15.2 Å². The summed E-state index contributed by atoms with van der Waals surface area (Å²) in [6.07, 6.45) is 1.16. The zero-order chi connectivity index (χ0) is 16.8. The van der Waals surface area contributed by atoms with E-state index in [0.29, 0.717) is 5.69 Å². The van der Waals surface area contributed by atoms with E-state index >= 15 is 0 Å². The van der Waals surface area contributed by atoms with Gasteiger partial charge in [-0.3, -0.25) is 4.79 Å². The minimum absolute atomic E-state index is 0.111. The number of amides is 1. The van der Waals surface area contributed by atoms with E-state index in [1.165, 1.54) is 23.9 Å². The summed E-state index contributed by atoms with van der Waals surface area (Å²) < 4.78 is 19.8. The van der Waals surface area contributed by atoms with Crippen LogP contribution in [0, 0.1) is 5.82 Å². The van der Waals surface area contributed by atoms with E-state index in [2.05, 4.69) is 15.6 Å². The lowest BCUT2D eigenvalue weighted by molar-refractivity contribution is -0.119. The minimum atomic E-state index is -0.687. The summed E-state index contributed by atoms with van der Waals surface area (Å²) >= 11 is 0. The van der Waals surface area contributed by atoms with Gasteiger partial charge in [-0.1, -0.05) is 17.3 Å². The molecule has 0 spiro atoms. The first kappa shape index (κ1) is 17.0. The molecule has 1 heterocycles. The van der Waals surface area contributed by atoms with Crippen molar-refractivity contribution in [1.29, 1.82) is 0 Å². The number of hydrogen-bond donors (Lipinski definition) is 2. The molecule has 1 aromatic heterocycles. The molecule has 124 valence electrons. The number of ether oxygens (including phenoxy) is 1. The predicted molar refractivity (Wildman–Crippen MR) is 81.3 cm³/mol. The maximum atomic E-state index is 13.5. The maximum Gasteiger partial charge on any atom is 0.249 e. The number of aromatic nitrogens is 3. The number of nitrogens with one attached hydrogen (secondary N) is 1. The van der Waals surface area contributed by atoms with E-state index in [4.69, 9.17) is 4.74 Å². The molecule has 0 saturated heterocycles. The van der Waals surface area contributed by atoms with Gasteiger partial charge in [0.2, 0.25) is 5.91 Å². The van der Waals surface area contributed by atoms with E-state index in [9.17, 15) is 14.3 Å². The highest BCUT2D eigenvalue weighted by atomic mass is 19.1. The number of carbonyl (C=O) groups is 1. The first-order chi connectivity index (χ1) is 11.0. The Kier molecular flexibility index (Phi) is 5.78. The number of nitrogens with zero attached hydrogens (tertiary/aromatic N) is 3. The summed E-state index contributed by atoms with van der Waals surface area (Å²) in [6, 6.07) is 5.26. The molecule has 0 saturated carbocycles. The van der Waals surface area contributed by atoms with Crippen molar-refractivity contribution in [1.82, 2.24) is 15.0 Å². The zero-order valence-electron chi connectivity index (χ0n) is 12.9. The highest BCUT2D eigenvalue weighted by Crippen LogP contribution is 2.15. The Hall–Kier alpha value is -2.32. The Bertz CT molecular complexity index is 662. The Balaban J connectivity index is 2.00. The Morgan fingerprint density at radius 3 is 2.91 bits per heavy atom. The highest BCUT2D eigenvalue weighted by molar-refractivity contribution is 5.93. The number of halogens is 1. The second-order valence-electron chi connectivity index (χ2n) is 5.15. The second kappa shape index (κ2) is 7.80. The van der Waals surface area contributed by atoms with Crippen molar-refractivity contribution >= 4 is 11.6 Å². The molecule has 1 amide bonds. The molecular formula is C15H19FN4O3. The molecule has 0 aliphatic rings. The summed E-state index contributed by atoms with van der Waals surface area (Å²) in [5, 5.41) is 20.0. The van der Waals surface area contributed by atoms with Crippen molar-refractivity contribution in [3.8, 4) is 0 Å². The van der Waals surface area contributed by atoms with Gasteiger partial charge in [0.05, 0.1) is 24.1 Å². The largest absolute Gasteiger partial charge is 0.390 e. The topological polar surface area (TPSA) is 89.3 Å². The summed E-state index contributed by atoms with van der Waals surface area (Å²) in [5.74, 6) is -0.918.